The zero-order valence-electron chi connectivity index (χ0n) is 9.16. The Kier molecular flexibility index (Phi) is 3.03. The first-order valence-corrected chi connectivity index (χ1v) is 6.15. The molecule has 0 amide bonds. The molecule has 2 aromatic rings. The van der Waals surface area contributed by atoms with E-state index in [1.165, 1.54) is 15.3 Å². The Labute approximate surface area is 94.1 Å². The van der Waals surface area contributed by atoms with Gasteiger partial charge in [0.2, 0.25) is 0 Å². The number of aryl methyl sites for hydroxylation is 1. The first-order valence-electron chi connectivity index (χ1n) is 5.34. The van der Waals surface area contributed by atoms with Crippen LogP contribution in [0.25, 0.3) is 10.2 Å². The van der Waals surface area contributed by atoms with Crippen molar-refractivity contribution in [3.63, 3.8) is 0 Å². The topological polar surface area (TPSA) is 38.9 Å². The molecule has 0 aliphatic rings. The van der Waals surface area contributed by atoms with E-state index in [0.717, 1.165) is 11.9 Å². The number of rotatable bonds is 3. The molecule has 0 saturated heterocycles. The van der Waals surface area contributed by atoms with Crippen molar-refractivity contribution in [3.05, 3.63) is 28.8 Å². The van der Waals surface area contributed by atoms with Crippen molar-refractivity contribution in [2.24, 2.45) is 5.73 Å². The van der Waals surface area contributed by atoms with Gasteiger partial charge in [0.05, 0.1) is 15.2 Å². The number of nitrogens with two attached hydrogens (primary N) is 1. The largest absolute Gasteiger partial charge is 0.330 e. The minimum absolute atomic E-state index is 0.432. The number of hydrogen-bond acceptors (Lipinski definition) is 3. The van der Waals surface area contributed by atoms with Gasteiger partial charge < -0.3 is 5.73 Å². The standard InChI is InChI=1S/C12H16N2S/c1-3-12-14-10-5-4-9(8(2)7-13)6-11(10)15-12/h4-6,8H,3,7,13H2,1-2H3. The first kappa shape index (κ1) is 10.6. The zero-order chi connectivity index (χ0) is 10.8. The molecule has 1 aromatic heterocycles. The van der Waals surface area contributed by atoms with E-state index in [4.69, 9.17) is 5.73 Å². The van der Waals surface area contributed by atoms with Gasteiger partial charge in [-0.15, -0.1) is 11.3 Å². The molecule has 1 unspecified atom stereocenters. The number of fused-ring (bicyclic) bond motifs is 1. The number of benzene rings is 1. The fraction of sp³-hybridized carbons (Fsp3) is 0.417. The molecule has 2 rings (SSSR count). The molecule has 80 valence electrons. The van der Waals surface area contributed by atoms with Gasteiger partial charge in [-0.25, -0.2) is 4.98 Å². The highest BCUT2D eigenvalue weighted by molar-refractivity contribution is 7.18. The van der Waals surface area contributed by atoms with E-state index in [1.807, 2.05) is 0 Å². The Morgan fingerprint density at radius 2 is 2.27 bits per heavy atom. The van der Waals surface area contributed by atoms with Crippen molar-refractivity contribution in [2.75, 3.05) is 6.54 Å². The van der Waals surface area contributed by atoms with Gasteiger partial charge in [0.1, 0.15) is 0 Å². The fourth-order valence-corrected chi connectivity index (χ4v) is 2.54. The van der Waals surface area contributed by atoms with E-state index in [-0.39, 0.29) is 0 Å². The maximum Gasteiger partial charge on any atom is 0.0935 e. The predicted molar refractivity (Wildman–Crippen MR) is 66.5 cm³/mol. The summed E-state index contributed by atoms with van der Waals surface area (Å²) in [5.74, 6) is 0.432. The van der Waals surface area contributed by atoms with E-state index in [9.17, 15) is 0 Å². The molecule has 1 aromatic carbocycles. The Morgan fingerprint density at radius 1 is 1.47 bits per heavy atom. The molecular formula is C12H16N2S. The van der Waals surface area contributed by atoms with Crippen molar-refractivity contribution in [1.82, 2.24) is 4.98 Å². The van der Waals surface area contributed by atoms with Gasteiger partial charge in [0.15, 0.2) is 0 Å². The molecule has 0 spiro atoms. The Bertz CT molecular complexity index is 462. The monoisotopic (exact) mass is 220 g/mol. The number of nitrogens with zero attached hydrogens (tertiary/aromatic N) is 1. The van der Waals surface area contributed by atoms with Crippen LogP contribution in [0.3, 0.4) is 0 Å². The van der Waals surface area contributed by atoms with Crippen LogP contribution in [0.5, 0.6) is 0 Å². The maximum atomic E-state index is 5.67. The average Bonchev–Trinajstić information content (AvgIpc) is 2.69. The van der Waals surface area contributed by atoms with E-state index < -0.39 is 0 Å². The van der Waals surface area contributed by atoms with Crippen LogP contribution >= 0.6 is 11.3 Å². The smallest absolute Gasteiger partial charge is 0.0935 e. The van der Waals surface area contributed by atoms with Gasteiger partial charge in [0.25, 0.3) is 0 Å². The molecule has 0 fully saturated rings. The lowest BCUT2D eigenvalue weighted by Gasteiger charge is -2.07. The molecule has 15 heavy (non-hydrogen) atoms. The van der Waals surface area contributed by atoms with Crippen LogP contribution in [0.1, 0.15) is 30.3 Å². The van der Waals surface area contributed by atoms with Crippen LogP contribution in [0.2, 0.25) is 0 Å². The van der Waals surface area contributed by atoms with Gasteiger partial charge in [-0.3, -0.25) is 0 Å². The highest BCUT2D eigenvalue weighted by Crippen LogP contribution is 2.26. The van der Waals surface area contributed by atoms with Crippen LogP contribution in [-0.2, 0) is 6.42 Å². The minimum atomic E-state index is 0.432. The molecule has 2 nitrogen and oxygen atoms in total. The molecule has 0 aliphatic carbocycles. The predicted octanol–water partition coefficient (Wildman–Crippen LogP) is 2.92. The van der Waals surface area contributed by atoms with Gasteiger partial charge in [-0.05, 0) is 36.6 Å². The SMILES string of the molecule is CCc1nc2ccc(C(C)CN)cc2s1. The second-order valence-electron chi connectivity index (χ2n) is 3.83. The summed E-state index contributed by atoms with van der Waals surface area (Å²) in [4.78, 5) is 4.54. The normalized spacial score (nSPS) is 13.3. The lowest BCUT2D eigenvalue weighted by atomic mass is 10.0. The van der Waals surface area contributed by atoms with Crippen molar-refractivity contribution < 1.29 is 0 Å². The van der Waals surface area contributed by atoms with Crippen LogP contribution in [0, 0.1) is 0 Å². The Morgan fingerprint density at radius 3 is 2.93 bits per heavy atom. The second kappa shape index (κ2) is 4.29. The molecule has 1 atom stereocenters. The average molecular weight is 220 g/mol. The third kappa shape index (κ3) is 2.03. The van der Waals surface area contributed by atoms with Crippen LogP contribution in [0.15, 0.2) is 18.2 Å². The lowest BCUT2D eigenvalue weighted by molar-refractivity contribution is 0.775. The summed E-state index contributed by atoms with van der Waals surface area (Å²) >= 11 is 1.79. The highest BCUT2D eigenvalue weighted by atomic mass is 32.1. The Hall–Kier alpha value is -0.930. The van der Waals surface area contributed by atoms with Crippen molar-refractivity contribution in [1.29, 1.82) is 0 Å². The quantitative estimate of drug-likeness (QED) is 0.863. The molecule has 2 N–H and O–H groups in total. The zero-order valence-corrected chi connectivity index (χ0v) is 9.97. The van der Waals surface area contributed by atoms with E-state index in [0.29, 0.717) is 12.5 Å². The Balaban J connectivity index is 2.45. The molecule has 3 heteroatoms. The van der Waals surface area contributed by atoms with Crippen LogP contribution in [-0.4, -0.2) is 11.5 Å². The second-order valence-corrected chi connectivity index (χ2v) is 4.94. The summed E-state index contributed by atoms with van der Waals surface area (Å²) in [6.45, 7) is 5.00. The van der Waals surface area contributed by atoms with Gasteiger partial charge >= 0.3 is 0 Å². The van der Waals surface area contributed by atoms with Crippen molar-refractivity contribution >= 4 is 21.6 Å². The molecule has 1 heterocycles. The third-order valence-electron chi connectivity index (χ3n) is 2.68. The number of aromatic nitrogens is 1. The molecule has 0 aliphatic heterocycles. The van der Waals surface area contributed by atoms with Crippen LogP contribution in [0.4, 0.5) is 0 Å². The summed E-state index contributed by atoms with van der Waals surface area (Å²) in [5.41, 5.74) is 8.10. The van der Waals surface area contributed by atoms with Crippen molar-refractivity contribution in [2.45, 2.75) is 26.2 Å². The van der Waals surface area contributed by atoms with E-state index in [2.05, 4.69) is 37.0 Å². The summed E-state index contributed by atoms with van der Waals surface area (Å²) in [5, 5.41) is 1.21. The van der Waals surface area contributed by atoms with Gasteiger partial charge in [-0.2, -0.15) is 0 Å². The number of thiazole rings is 1. The number of hydrogen-bond donors (Lipinski definition) is 1. The summed E-state index contributed by atoms with van der Waals surface area (Å²) in [6, 6.07) is 6.47. The molecule has 0 radical (unpaired) electrons. The van der Waals surface area contributed by atoms with E-state index >= 15 is 0 Å². The molecular weight excluding hydrogens is 204 g/mol. The summed E-state index contributed by atoms with van der Waals surface area (Å²) in [6.07, 6.45) is 1.02. The van der Waals surface area contributed by atoms with Crippen LogP contribution < -0.4 is 5.73 Å². The minimum Gasteiger partial charge on any atom is -0.330 e. The third-order valence-corrected chi connectivity index (χ3v) is 3.84. The summed E-state index contributed by atoms with van der Waals surface area (Å²) < 4.78 is 1.28. The maximum absolute atomic E-state index is 5.67. The highest BCUT2D eigenvalue weighted by Gasteiger charge is 2.07. The fourth-order valence-electron chi connectivity index (χ4n) is 1.58. The van der Waals surface area contributed by atoms with E-state index in [1.54, 1.807) is 11.3 Å². The van der Waals surface area contributed by atoms with Crippen molar-refractivity contribution in [3.8, 4) is 0 Å². The molecule has 0 saturated carbocycles. The summed E-state index contributed by atoms with van der Waals surface area (Å²) in [7, 11) is 0. The van der Waals surface area contributed by atoms with Gasteiger partial charge in [0, 0.05) is 0 Å². The molecule has 0 bridgehead atoms. The first-order chi connectivity index (χ1) is 7.24. The lowest BCUT2D eigenvalue weighted by Crippen LogP contribution is -2.08. The van der Waals surface area contributed by atoms with Gasteiger partial charge in [-0.1, -0.05) is 19.9 Å².